The minimum absolute atomic E-state index is 0.148. The summed E-state index contributed by atoms with van der Waals surface area (Å²) >= 11 is 11.0. The summed E-state index contributed by atoms with van der Waals surface area (Å²) in [7, 11) is 0. The summed E-state index contributed by atoms with van der Waals surface area (Å²) in [6.45, 7) is 0.312. The van der Waals surface area contributed by atoms with Crippen molar-refractivity contribution in [1.29, 1.82) is 0 Å². The summed E-state index contributed by atoms with van der Waals surface area (Å²) in [6, 6.07) is 16.7. The molecule has 0 aliphatic heterocycles. The molecule has 3 aromatic rings. The van der Waals surface area contributed by atoms with Gasteiger partial charge >= 0.3 is 0 Å². The number of anilines is 1. The van der Waals surface area contributed by atoms with E-state index in [1.807, 2.05) is 0 Å². The smallest absolute Gasteiger partial charge is 0.257 e. The topological polar surface area (TPSA) is 83.4 Å². The first-order chi connectivity index (χ1) is 13.5. The van der Waals surface area contributed by atoms with Crippen LogP contribution in [0.4, 0.5) is 5.69 Å². The molecule has 2 amide bonds. The van der Waals surface area contributed by atoms with Crippen LogP contribution in [0, 0.1) is 0 Å². The zero-order chi connectivity index (χ0) is 19.9. The molecule has 8 heteroatoms. The van der Waals surface area contributed by atoms with Gasteiger partial charge in [-0.15, -0.1) is 0 Å². The maximum absolute atomic E-state index is 12.1. The number of hydrogen-bond donors (Lipinski definition) is 3. The van der Waals surface area contributed by atoms with E-state index in [4.69, 9.17) is 28.2 Å². The molecule has 0 aliphatic carbocycles. The Morgan fingerprint density at radius 1 is 0.929 bits per heavy atom. The standard InChI is InChI=1S/C20H16ClN3O3S/c21-15-7-3-14(4-8-15)19(26)24-20(28)23-16-9-5-13(6-10-16)18(25)22-12-17-2-1-11-27-17/h1-11H,12H2,(H,22,25)(H2,23,24,26,28). The highest BCUT2D eigenvalue weighted by atomic mass is 35.5. The van der Waals surface area contributed by atoms with Gasteiger partial charge in [0.2, 0.25) is 0 Å². The molecular weight excluding hydrogens is 398 g/mol. The monoisotopic (exact) mass is 413 g/mol. The van der Waals surface area contributed by atoms with Crippen molar-refractivity contribution in [3.63, 3.8) is 0 Å². The minimum atomic E-state index is -0.344. The number of thiocarbonyl (C=S) groups is 1. The molecule has 1 heterocycles. The van der Waals surface area contributed by atoms with Gasteiger partial charge < -0.3 is 15.1 Å². The van der Waals surface area contributed by atoms with Gasteiger partial charge in [0.25, 0.3) is 11.8 Å². The van der Waals surface area contributed by atoms with Gasteiger partial charge in [-0.2, -0.15) is 0 Å². The fraction of sp³-hybridized carbons (Fsp3) is 0.0500. The molecule has 0 fully saturated rings. The van der Waals surface area contributed by atoms with Crippen LogP contribution in [0.3, 0.4) is 0 Å². The van der Waals surface area contributed by atoms with E-state index in [1.54, 1.807) is 66.9 Å². The molecular formula is C20H16ClN3O3S. The van der Waals surface area contributed by atoms with E-state index in [9.17, 15) is 9.59 Å². The molecule has 0 saturated heterocycles. The highest BCUT2D eigenvalue weighted by Crippen LogP contribution is 2.11. The fourth-order valence-corrected chi connectivity index (χ4v) is 2.66. The van der Waals surface area contributed by atoms with Crippen molar-refractivity contribution in [2.75, 3.05) is 5.32 Å². The summed E-state index contributed by atoms with van der Waals surface area (Å²) in [4.78, 5) is 24.3. The van der Waals surface area contributed by atoms with Crippen molar-refractivity contribution < 1.29 is 14.0 Å². The van der Waals surface area contributed by atoms with Gasteiger partial charge in [0, 0.05) is 21.8 Å². The Labute approximate surface area is 171 Å². The number of carbonyl (C=O) groups is 2. The lowest BCUT2D eigenvalue weighted by Crippen LogP contribution is -2.34. The first kappa shape index (κ1) is 19.6. The van der Waals surface area contributed by atoms with Crippen LogP contribution in [0.5, 0.6) is 0 Å². The second-order valence-electron chi connectivity index (χ2n) is 5.75. The SMILES string of the molecule is O=C(NCc1ccco1)c1ccc(NC(=S)NC(=O)c2ccc(Cl)cc2)cc1. The Bertz CT molecular complexity index is 971. The van der Waals surface area contributed by atoms with Crippen LogP contribution in [0.2, 0.25) is 5.02 Å². The summed E-state index contributed by atoms with van der Waals surface area (Å²) in [5, 5.41) is 8.95. The van der Waals surface area contributed by atoms with Crippen molar-refractivity contribution in [3.05, 3.63) is 88.8 Å². The van der Waals surface area contributed by atoms with E-state index >= 15 is 0 Å². The first-order valence-electron chi connectivity index (χ1n) is 8.30. The van der Waals surface area contributed by atoms with Crippen molar-refractivity contribution in [1.82, 2.24) is 10.6 Å². The van der Waals surface area contributed by atoms with Gasteiger partial charge in [0.1, 0.15) is 5.76 Å². The molecule has 142 valence electrons. The lowest BCUT2D eigenvalue weighted by Gasteiger charge is -2.10. The van der Waals surface area contributed by atoms with Gasteiger partial charge in [0.15, 0.2) is 5.11 Å². The molecule has 0 radical (unpaired) electrons. The maximum atomic E-state index is 12.1. The molecule has 6 nitrogen and oxygen atoms in total. The van der Waals surface area contributed by atoms with E-state index in [2.05, 4.69) is 16.0 Å². The summed E-state index contributed by atoms with van der Waals surface area (Å²) in [5.74, 6) is 0.109. The second-order valence-corrected chi connectivity index (χ2v) is 6.60. The Hall–Kier alpha value is -3.16. The normalized spacial score (nSPS) is 10.2. The van der Waals surface area contributed by atoms with Crippen LogP contribution in [0.15, 0.2) is 71.3 Å². The third kappa shape index (κ3) is 5.42. The molecule has 2 aromatic carbocycles. The maximum Gasteiger partial charge on any atom is 0.257 e. The predicted molar refractivity (Wildman–Crippen MR) is 111 cm³/mol. The zero-order valence-corrected chi connectivity index (χ0v) is 16.1. The Morgan fingerprint density at radius 3 is 2.21 bits per heavy atom. The highest BCUT2D eigenvalue weighted by molar-refractivity contribution is 7.80. The number of benzene rings is 2. The zero-order valence-electron chi connectivity index (χ0n) is 14.6. The van der Waals surface area contributed by atoms with Crippen LogP contribution in [-0.2, 0) is 6.54 Å². The number of hydrogen-bond acceptors (Lipinski definition) is 4. The molecule has 0 atom stereocenters. The van der Waals surface area contributed by atoms with Gasteiger partial charge in [-0.05, 0) is 72.9 Å². The third-order valence-electron chi connectivity index (χ3n) is 3.74. The van der Waals surface area contributed by atoms with Crippen molar-refractivity contribution >= 4 is 46.4 Å². The van der Waals surface area contributed by atoms with Gasteiger partial charge in [-0.25, -0.2) is 0 Å². The summed E-state index contributed by atoms with van der Waals surface area (Å²) in [6.07, 6.45) is 1.55. The summed E-state index contributed by atoms with van der Waals surface area (Å²) in [5.41, 5.74) is 1.58. The van der Waals surface area contributed by atoms with E-state index in [-0.39, 0.29) is 16.9 Å². The van der Waals surface area contributed by atoms with E-state index in [1.165, 1.54) is 0 Å². The largest absolute Gasteiger partial charge is 0.467 e. The molecule has 0 unspecified atom stereocenters. The van der Waals surface area contributed by atoms with E-state index < -0.39 is 0 Å². The first-order valence-corrected chi connectivity index (χ1v) is 9.08. The number of carbonyl (C=O) groups excluding carboxylic acids is 2. The van der Waals surface area contributed by atoms with Crippen LogP contribution < -0.4 is 16.0 Å². The highest BCUT2D eigenvalue weighted by Gasteiger charge is 2.09. The third-order valence-corrected chi connectivity index (χ3v) is 4.20. The van der Waals surface area contributed by atoms with Crippen LogP contribution in [0.1, 0.15) is 26.5 Å². The Morgan fingerprint density at radius 2 is 1.57 bits per heavy atom. The quantitative estimate of drug-likeness (QED) is 0.551. The van der Waals surface area contributed by atoms with Gasteiger partial charge in [0.05, 0.1) is 12.8 Å². The number of halogens is 1. The van der Waals surface area contributed by atoms with Crippen LogP contribution in [-0.4, -0.2) is 16.9 Å². The second kappa shape index (κ2) is 9.16. The lowest BCUT2D eigenvalue weighted by molar-refractivity contribution is 0.0946. The van der Waals surface area contributed by atoms with Crippen LogP contribution >= 0.6 is 23.8 Å². The van der Waals surface area contributed by atoms with Crippen molar-refractivity contribution in [3.8, 4) is 0 Å². The summed E-state index contributed by atoms with van der Waals surface area (Å²) < 4.78 is 5.17. The van der Waals surface area contributed by atoms with Gasteiger partial charge in [-0.3, -0.25) is 14.9 Å². The molecule has 28 heavy (non-hydrogen) atoms. The lowest BCUT2D eigenvalue weighted by atomic mass is 10.2. The molecule has 0 spiro atoms. The number of nitrogens with one attached hydrogen (secondary N) is 3. The molecule has 0 aliphatic rings. The number of amides is 2. The Balaban J connectivity index is 1.51. The van der Waals surface area contributed by atoms with Gasteiger partial charge in [-0.1, -0.05) is 11.6 Å². The average Bonchev–Trinajstić information content (AvgIpc) is 3.20. The predicted octanol–water partition coefficient (Wildman–Crippen LogP) is 3.99. The number of furan rings is 1. The molecule has 3 rings (SSSR count). The van der Waals surface area contributed by atoms with E-state index in [0.717, 1.165) is 0 Å². The minimum Gasteiger partial charge on any atom is -0.467 e. The van der Waals surface area contributed by atoms with Crippen LogP contribution in [0.25, 0.3) is 0 Å². The van der Waals surface area contributed by atoms with Crippen molar-refractivity contribution in [2.24, 2.45) is 0 Å². The van der Waals surface area contributed by atoms with Crippen molar-refractivity contribution in [2.45, 2.75) is 6.54 Å². The average molecular weight is 414 g/mol. The molecule has 1 aromatic heterocycles. The molecule has 0 saturated carbocycles. The number of rotatable bonds is 5. The molecule has 0 bridgehead atoms. The molecule has 3 N–H and O–H groups in total. The fourth-order valence-electron chi connectivity index (χ4n) is 2.33. The van der Waals surface area contributed by atoms with E-state index in [0.29, 0.717) is 34.1 Å². The Kier molecular flexibility index (Phi) is 6.41.